The van der Waals surface area contributed by atoms with Crippen LogP contribution in [0, 0.1) is 0 Å². The average Bonchev–Trinajstić information content (AvgIpc) is 2.42. The molecule has 0 spiro atoms. The second-order valence-corrected chi connectivity index (χ2v) is 4.54. The highest BCUT2D eigenvalue weighted by molar-refractivity contribution is 5.95. The molecule has 0 unspecified atom stereocenters. The van der Waals surface area contributed by atoms with E-state index in [2.05, 4.69) is 10.3 Å². The number of carbonyl (C=O) groups is 3. The summed E-state index contributed by atoms with van der Waals surface area (Å²) in [5.74, 6) is -1.36. The van der Waals surface area contributed by atoms with Crippen LogP contribution in [0.1, 0.15) is 36.8 Å². The lowest BCUT2D eigenvalue weighted by atomic mass is 10.2. The molecule has 0 aliphatic carbocycles. The zero-order valence-electron chi connectivity index (χ0n) is 12.2. The second-order valence-electron chi connectivity index (χ2n) is 4.54. The zero-order chi connectivity index (χ0) is 15.8. The number of hydrogen-bond donors (Lipinski definition) is 1. The Morgan fingerprint density at radius 1 is 1.33 bits per heavy atom. The van der Waals surface area contributed by atoms with Gasteiger partial charge in [0.2, 0.25) is 0 Å². The molecule has 0 saturated heterocycles. The average molecular weight is 294 g/mol. The fraction of sp³-hybridized carbons (Fsp3) is 0.429. The SMILES string of the molecule is CC(=O)OCc1cc(C(=O)NCC(=O)OC(C)C)ccn1. The van der Waals surface area contributed by atoms with E-state index in [0.717, 1.165) is 0 Å². The number of esters is 2. The molecule has 0 aliphatic heterocycles. The van der Waals surface area contributed by atoms with Crippen molar-refractivity contribution in [2.75, 3.05) is 6.54 Å². The highest BCUT2D eigenvalue weighted by Gasteiger charge is 2.11. The van der Waals surface area contributed by atoms with E-state index in [1.54, 1.807) is 13.8 Å². The summed E-state index contributed by atoms with van der Waals surface area (Å²) in [5.41, 5.74) is 0.770. The molecule has 7 nitrogen and oxygen atoms in total. The maximum absolute atomic E-state index is 11.9. The summed E-state index contributed by atoms with van der Waals surface area (Å²) >= 11 is 0. The van der Waals surface area contributed by atoms with Crippen LogP contribution in [0.2, 0.25) is 0 Å². The summed E-state index contributed by atoms with van der Waals surface area (Å²) < 4.78 is 9.70. The molecule has 0 fully saturated rings. The van der Waals surface area contributed by atoms with Crippen molar-refractivity contribution in [1.82, 2.24) is 10.3 Å². The molecule has 1 aromatic heterocycles. The summed E-state index contributed by atoms with van der Waals surface area (Å²) in [5, 5.41) is 2.45. The van der Waals surface area contributed by atoms with E-state index in [-0.39, 0.29) is 19.3 Å². The van der Waals surface area contributed by atoms with Crippen LogP contribution in [0.3, 0.4) is 0 Å². The van der Waals surface area contributed by atoms with Gasteiger partial charge < -0.3 is 14.8 Å². The molecule has 1 N–H and O–H groups in total. The number of pyridine rings is 1. The fourth-order valence-corrected chi connectivity index (χ4v) is 1.43. The molecule has 7 heteroatoms. The Kier molecular flexibility index (Phi) is 6.32. The van der Waals surface area contributed by atoms with Gasteiger partial charge in [0.25, 0.3) is 5.91 Å². The number of nitrogens with one attached hydrogen (secondary N) is 1. The number of carbonyl (C=O) groups excluding carboxylic acids is 3. The molecule has 114 valence electrons. The van der Waals surface area contributed by atoms with Crippen LogP contribution >= 0.6 is 0 Å². The van der Waals surface area contributed by atoms with E-state index < -0.39 is 17.8 Å². The normalized spacial score (nSPS) is 10.1. The van der Waals surface area contributed by atoms with Crippen LogP contribution < -0.4 is 5.32 Å². The van der Waals surface area contributed by atoms with Crippen molar-refractivity contribution in [3.63, 3.8) is 0 Å². The van der Waals surface area contributed by atoms with Crippen LogP contribution in [-0.4, -0.2) is 35.5 Å². The number of rotatable bonds is 6. The van der Waals surface area contributed by atoms with Gasteiger partial charge in [0.05, 0.1) is 11.8 Å². The van der Waals surface area contributed by atoms with Crippen LogP contribution in [0.15, 0.2) is 18.3 Å². The maximum Gasteiger partial charge on any atom is 0.325 e. The third-order valence-corrected chi connectivity index (χ3v) is 2.26. The van der Waals surface area contributed by atoms with E-state index >= 15 is 0 Å². The molecule has 0 aliphatic rings. The van der Waals surface area contributed by atoms with E-state index in [0.29, 0.717) is 11.3 Å². The van der Waals surface area contributed by atoms with Gasteiger partial charge in [-0.25, -0.2) is 0 Å². The summed E-state index contributed by atoms with van der Waals surface area (Å²) in [7, 11) is 0. The Hall–Kier alpha value is -2.44. The van der Waals surface area contributed by atoms with Crippen molar-refractivity contribution < 1.29 is 23.9 Å². The zero-order valence-corrected chi connectivity index (χ0v) is 12.2. The summed E-state index contributed by atoms with van der Waals surface area (Å²) in [4.78, 5) is 37.9. The highest BCUT2D eigenvalue weighted by atomic mass is 16.5. The molecule has 0 aromatic carbocycles. The molecule has 1 rings (SSSR count). The monoisotopic (exact) mass is 294 g/mol. The van der Waals surface area contributed by atoms with Gasteiger partial charge in [0.15, 0.2) is 0 Å². The lowest BCUT2D eigenvalue weighted by Gasteiger charge is -2.09. The van der Waals surface area contributed by atoms with Crippen LogP contribution in [-0.2, 0) is 25.7 Å². The van der Waals surface area contributed by atoms with Crippen LogP contribution in [0.4, 0.5) is 0 Å². The minimum absolute atomic E-state index is 0.00809. The third-order valence-electron chi connectivity index (χ3n) is 2.26. The van der Waals surface area contributed by atoms with Crippen molar-refractivity contribution in [3.8, 4) is 0 Å². The third kappa shape index (κ3) is 6.51. The number of hydrogen-bond acceptors (Lipinski definition) is 6. The van der Waals surface area contributed by atoms with Gasteiger partial charge in [-0.05, 0) is 26.0 Å². The molecular weight excluding hydrogens is 276 g/mol. The standard InChI is InChI=1S/C14H18N2O5/c1-9(2)21-13(18)7-16-14(19)11-4-5-15-12(6-11)8-20-10(3)17/h4-6,9H,7-8H2,1-3H3,(H,16,19). The van der Waals surface area contributed by atoms with E-state index in [1.165, 1.54) is 25.3 Å². The second kappa shape index (κ2) is 7.98. The summed E-state index contributed by atoms with van der Waals surface area (Å²) in [6.07, 6.45) is 1.20. The van der Waals surface area contributed by atoms with Crippen molar-refractivity contribution in [2.45, 2.75) is 33.5 Å². The first kappa shape index (κ1) is 16.6. The van der Waals surface area contributed by atoms with Gasteiger partial charge in [0.1, 0.15) is 13.2 Å². The molecular formula is C14H18N2O5. The number of ether oxygens (including phenoxy) is 2. The smallest absolute Gasteiger partial charge is 0.325 e. The minimum Gasteiger partial charge on any atom is -0.462 e. The Bertz CT molecular complexity index is 528. The lowest BCUT2D eigenvalue weighted by Crippen LogP contribution is -2.31. The van der Waals surface area contributed by atoms with E-state index in [1.807, 2.05) is 0 Å². The first-order valence-corrected chi connectivity index (χ1v) is 6.44. The molecule has 0 radical (unpaired) electrons. The number of amides is 1. The predicted molar refractivity (Wildman–Crippen MR) is 73.3 cm³/mol. The molecule has 1 amide bonds. The van der Waals surface area contributed by atoms with Crippen LogP contribution in [0.5, 0.6) is 0 Å². The Morgan fingerprint density at radius 2 is 2.05 bits per heavy atom. The topological polar surface area (TPSA) is 94.6 Å². The number of nitrogens with zero attached hydrogens (tertiary/aromatic N) is 1. The largest absolute Gasteiger partial charge is 0.462 e. The molecule has 1 aromatic rings. The van der Waals surface area contributed by atoms with Gasteiger partial charge in [-0.15, -0.1) is 0 Å². The predicted octanol–water partition coefficient (Wildman–Crippen LogP) is 0.826. The lowest BCUT2D eigenvalue weighted by molar-refractivity contribution is -0.146. The van der Waals surface area contributed by atoms with Gasteiger partial charge in [-0.3, -0.25) is 19.4 Å². The summed E-state index contributed by atoms with van der Waals surface area (Å²) in [6.45, 7) is 4.52. The molecule has 0 saturated carbocycles. The molecule has 0 atom stereocenters. The van der Waals surface area contributed by atoms with Gasteiger partial charge in [-0.1, -0.05) is 0 Å². The van der Waals surface area contributed by atoms with E-state index in [4.69, 9.17) is 9.47 Å². The maximum atomic E-state index is 11.9. The summed E-state index contributed by atoms with van der Waals surface area (Å²) in [6, 6.07) is 2.99. The molecule has 1 heterocycles. The fourth-order valence-electron chi connectivity index (χ4n) is 1.43. The van der Waals surface area contributed by atoms with Crippen LogP contribution in [0.25, 0.3) is 0 Å². The van der Waals surface area contributed by atoms with Gasteiger partial charge >= 0.3 is 11.9 Å². The number of aromatic nitrogens is 1. The van der Waals surface area contributed by atoms with Crippen molar-refractivity contribution in [1.29, 1.82) is 0 Å². The minimum atomic E-state index is -0.507. The Balaban J connectivity index is 2.56. The highest BCUT2D eigenvalue weighted by Crippen LogP contribution is 2.03. The van der Waals surface area contributed by atoms with Gasteiger partial charge in [-0.2, -0.15) is 0 Å². The first-order chi connectivity index (χ1) is 9.88. The first-order valence-electron chi connectivity index (χ1n) is 6.44. The Morgan fingerprint density at radius 3 is 2.67 bits per heavy atom. The van der Waals surface area contributed by atoms with Crippen molar-refractivity contribution in [2.24, 2.45) is 0 Å². The van der Waals surface area contributed by atoms with Gasteiger partial charge in [0, 0.05) is 18.7 Å². The van der Waals surface area contributed by atoms with Crippen molar-refractivity contribution >= 4 is 17.8 Å². The van der Waals surface area contributed by atoms with Crippen molar-refractivity contribution in [3.05, 3.63) is 29.6 Å². The van der Waals surface area contributed by atoms with E-state index in [9.17, 15) is 14.4 Å². The quantitative estimate of drug-likeness (QED) is 0.781. The molecule has 21 heavy (non-hydrogen) atoms. The Labute approximate surface area is 122 Å². The molecule has 0 bridgehead atoms.